The number of ether oxygens (including phenoxy) is 6. The lowest BCUT2D eigenvalue weighted by Crippen LogP contribution is -2.39. The van der Waals surface area contributed by atoms with Gasteiger partial charge in [0, 0.05) is 6.42 Å². The highest BCUT2D eigenvalue weighted by Crippen LogP contribution is 2.30. The van der Waals surface area contributed by atoms with Crippen molar-refractivity contribution in [1.82, 2.24) is 0 Å². The van der Waals surface area contributed by atoms with E-state index in [1.807, 2.05) is 27.7 Å². The number of carbonyl (C=O) groups is 4. The second kappa shape index (κ2) is 16.6. The summed E-state index contributed by atoms with van der Waals surface area (Å²) in [4.78, 5) is 48.9. The van der Waals surface area contributed by atoms with Crippen LogP contribution in [-0.4, -0.2) is 54.7 Å². The zero-order valence-electron chi connectivity index (χ0n) is 24.2. The highest BCUT2D eigenvalue weighted by molar-refractivity contribution is 5.76. The number of esters is 2. The monoisotopic (exact) mass is 553 g/mol. The fourth-order valence-corrected chi connectivity index (χ4v) is 2.95. The molecule has 0 saturated heterocycles. The first kappa shape index (κ1) is 33.7. The van der Waals surface area contributed by atoms with Gasteiger partial charge >= 0.3 is 24.2 Å². The largest absolute Gasteiger partial charge is 0.514 e. The molecule has 1 rings (SSSR count). The van der Waals surface area contributed by atoms with Gasteiger partial charge in [-0.05, 0) is 70.6 Å². The topological polar surface area (TPSA) is 150 Å². The third-order valence-corrected chi connectivity index (χ3v) is 5.75. The molecule has 0 bridgehead atoms. The molecule has 0 saturated carbocycles. The minimum atomic E-state index is -1.08. The van der Waals surface area contributed by atoms with E-state index in [0.29, 0.717) is 18.4 Å². The molecule has 0 amide bonds. The fraction of sp³-hybridized carbons (Fsp3) is 0.643. The summed E-state index contributed by atoms with van der Waals surface area (Å²) in [6.45, 7) is 14.1. The Morgan fingerprint density at radius 3 is 1.77 bits per heavy atom. The molecule has 0 aliphatic carbocycles. The average molecular weight is 554 g/mol. The maximum Gasteiger partial charge on any atom is 0.514 e. The van der Waals surface area contributed by atoms with Crippen molar-refractivity contribution >= 4 is 24.2 Å². The first-order chi connectivity index (χ1) is 18.2. The van der Waals surface area contributed by atoms with E-state index in [1.165, 1.54) is 12.1 Å². The molecule has 11 nitrogen and oxygen atoms in total. The lowest BCUT2D eigenvalue weighted by molar-refractivity contribution is -0.166. The molecule has 0 fully saturated rings. The average Bonchev–Trinajstić information content (AvgIpc) is 2.84. The second-order valence-corrected chi connectivity index (χ2v) is 9.90. The van der Waals surface area contributed by atoms with Gasteiger partial charge in [-0.1, -0.05) is 33.8 Å². The fourth-order valence-electron chi connectivity index (χ4n) is 2.95. The van der Waals surface area contributed by atoms with Crippen molar-refractivity contribution in [3.8, 4) is 11.5 Å². The van der Waals surface area contributed by atoms with Crippen LogP contribution < -0.4 is 15.2 Å². The highest BCUT2D eigenvalue weighted by atomic mass is 16.7. The summed E-state index contributed by atoms with van der Waals surface area (Å²) in [7, 11) is 0. The van der Waals surface area contributed by atoms with Crippen molar-refractivity contribution in [2.75, 3.05) is 0 Å². The van der Waals surface area contributed by atoms with Crippen LogP contribution in [-0.2, 0) is 35.0 Å². The van der Waals surface area contributed by atoms with Gasteiger partial charge in [0.1, 0.15) is 30.5 Å². The first-order valence-electron chi connectivity index (χ1n) is 13.3. The molecule has 1 aromatic carbocycles. The molecule has 2 N–H and O–H groups in total. The maximum absolute atomic E-state index is 12.6. The second-order valence-electron chi connectivity index (χ2n) is 9.90. The van der Waals surface area contributed by atoms with Gasteiger partial charge in [0.15, 0.2) is 11.5 Å². The van der Waals surface area contributed by atoms with Crippen molar-refractivity contribution < 1.29 is 47.6 Å². The van der Waals surface area contributed by atoms with Crippen molar-refractivity contribution in [2.45, 2.75) is 112 Å². The molecule has 3 unspecified atom stereocenters. The van der Waals surface area contributed by atoms with Crippen LogP contribution in [0.15, 0.2) is 18.2 Å². The normalized spacial score (nSPS) is 14.8. The Kier molecular flexibility index (Phi) is 14.3. The van der Waals surface area contributed by atoms with E-state index in [4.69, 9.17) is 34.2 Å². The Labute approximate surface area is 230 Å². The van der Waals surface area contributed by atoms with E-state index in [0.717, 1.165) is 0 Å². The quantitative estimate of drug-likeness (QED) is 0.186. The van der Waals surface area contributed by atoms with Gasteiger partial charge < -0.3 is 34.2 Å². The maximum atomic E-state index is 12.6. The highest BCUT2D eigenvalue weighted by Gasteiger charge is 2.25. The number of nitrogens with two attached hydrogens (primary N) is 1. The minimum absolute atomic E-state index is 0.0153. The van der Waals surface area contributed by atoms with Gasteiger partial charge in [0.25, 0.3) is 0 Å². The Bertz CT molecular complexity index is 964. The summed E-state index contributed by atoms with van der Waals surface area (Å²) in [5, 5.41) is 0. The van der Waals surface area contributed by atoms with Gasteiger partial charge in [-0.3, -0.25) is 9.59 Å². The number of carbonyl (C=O) groups excluding carboxylic acids is 4. The summed E-state index contributed by atoms with van der Waals surface area (Å²) in [6.07, 6.45) is -2.65. The van der Waals surface area contributed by atoms with Crippen LogP contribution in [0.5, 0.6) is 11.5 Å². The Morgan fingerprint density at radius 1 is 0.744 bits per heavy atom. The van der Waals surface area contributed by atoms with Crippen LogP contribution in [0.1, 0.15) is 80.2 Å². The van der Waals surface area contributed by atoms with E-state index in [9.17, 15) is 19.2 Å². The summed E-state index contributed by atoms with van der Waals surface area (Å²) in [6, 6.07) is 3.30. The van der Waals surface area contributed by atoms with Crippen LogP contribution in [0, 0.1) is 5.92 Å². The lowest BCUT2D eigenvalue weighted by atomic mass is 10.1. The van der Waals surface area contributed by atoms with Gasteiger partial charge in [-0.25, -0.2) is 9.59 Å². The number of rotatable bonds is 14. The number of hydrogen-bond acceptors (Lipinski definition) is 11. The molecule has 39 heavy (non-hydrogen) atoms. The summed E-state index contributed by atoms with van der Waals surface area (Å²) in [5.74, 6) is -1.12. The van der Waals surface area contributed by atoms with Crippen LogP contribution in [0.4, 0.5) is 9.59 Å². The molecule has 0 radical (unpaired) electrons. The van der Waals surface area contributed by atoms with Gasteiger partial charge in [0.05, 0.1) is 0 Å². The van der Waals surface area contributed by atoms with E-state index in [2.05, 4.69) is 0 Å². The molecular formula is C28H43NO10. The third-order valence-electron chi connectivity index (χ3n) is 5.75. The van der Waals surface area contributed by atoms with Crippen LogP contribution in [0.2, 0.25) is 0 Å². The zero-order valence-corrected chi connectivity index (χ0v) is 24.2. The summed E-state index contributed by atoms with van der Waals surface area (Å²) < 4.78 is 31.5. The van der Waals surface area contributed by atoms with Crippen molar-refractivity contribution in [2.24, 2.45) is 11.7 Å². The van der Waals surface area contributed by atoms with Gasteiger partial charge in [-0.2, -0.15) is 0 Å². The molecule has 0 aliphatic heterocycles. The van der Waals surface area contributed by atoms with Gasteiger partial charge in [-0.15, -0.1) is 0 Å². The van der Waals surface area contributed by atoms with E-state index in [-0.39, 0.29) is 42.3 Å². The predicted octanol–water partition coefficient (Wildman–Crippen LogP) is 5.09. The molecule has 5 atom stereocenters. The Balaban J connectivity index is 2.95. The molecule has 0 aromatic heterocycles. The number of hydrogen-bond donors (Lipinski definition) is 1. The predicted molar refractivity (Wildman–Crippen MR) is 142 cm³/mol. The SMILES string of the molecule is CCC(C)OC(=O)Oc1cc(C[C@H](N)C(=O)OC(C)C(C)OC(=O)CC(C)C)ccc1OC(=O)O[C@@H](C)CC. The van der Waals surface area contributed by atoms with E-state index in [1.54, 1.807) is 33.8 Å². The Hall–Kier alpha value is -3.34. The molecule has 1 aromatic rings. The minimum Gasteiger partial charge on any atom is -0.459 e. The Morgan fingerprint density at radius 2 is 1.26 bits per heavy atom. The molecule has 0 spiro atoms. The smallest absolute Gasteiger partial charge is 0.459 e. The zero-order chi connectivity index (χ0) is 29.7. The third kappa shape index (κ3) is 12.8. The molecular weight excluding hydrogens is 510 g/mol. The number of benzene rings is 1. The van der Waals surface area contributed by atoms with Crippen LogP contribution >= 0.6 is 0 Å². The first-order valence-corrected chi connectivity index (χ1v) is 13.3. The lowest BCUT2D eigenvalue weighted by Gasteiger charge is -2.23. The van der Waals surface area contributed by atoms with Crippen molar-refractivity contribution in [3.63, 3.8) is 0 Å². The van der Waals surface area contributed by atoms with E-state index >= 15 is 0 Å². The van der Waals surface area contributed by atoms with Crippen molar-refractivity contribution in [3.05, 3.63) is 23.8 Å². The summed E-state index contributed by atoms with van der Waals surface area (Å²) >= 11 is 0. The molecule has 0 aliphatic rings. The molecule has 11 heteroatoms. The van der Waals surface area contributed by atoms with Gasteiger partial charge in [0.2, 0.25) is 0 Å². The van der Waals surface area contributed by atoms with Crippen LogP contribution in [0.3, 0.4) is 0 Å². The summed E-state index contributed by atoms with van der Waals surface area (Å²) in [5.41, 5.74) is 6.57. The van der Waals surface area contributed by atoms with E-state index < -0.39 is 42.6 Å². The standard InChI is InChI=1S/C28H43NO10/c1-9-17(5)34-27(32)38-23-12-11-21(15-24(23)39-28(33)35-18(6)10-2)14-22(29)26(31)37-20(8)19(7)36-25(30)13-16(3)4/h11-12,15-20,22H,9-10,13-14,29H2,1-8H3/t17-,18?,19?,20?,22-/m0/s1. The van der Waals surface area contributed by atoms with Crippen molar-refractivity contribution in [1.29, 1.82) is 0 Å². The van der Waals surface area contributed by atoms with Crippen LogP contribution in [0.25, 0.3) is 0 Å². The molecule has 220 valence electrons. The molecule has 0 heterocycles.